The number of carbonyl (C=O) groups is 1. The molecule has 9 heteroatoms. The second kappa shape index (κ2) is 6.54. The van der Waals surface area contributed by atoms with Gasteiger partial charge in [0.15, 0.2) is 5.82 Å². The maximum Gasteiger partial charge on any atom is 0.223 e. The SMILES string of the molecule is CC(=O)NC1(c2noc(C)n2)CCN(c2cc(NCC3CC3)ncn2)C1. The molecule has 9 nitrogen and oxygen atoms in total. The summed E-state index contributed by atoms with van der Waals surface area (Å²) in [6.45, 7) is 5.46. The van der Waals surface area contributed by atoms with Gasteiger partial charge in [0.2, 0.25) is 11.8 Å². The number of hydrogen-bond donors (Lipinski definition) is 2. The normalized spacial score (nSPS) is 22.5. The summed E-state index contributed by atoms with van der Waals surface area (Å²) in [5.41, 5.74) is -0.670. The van der Waals surface area contributed by atoms with Crippen molar-refractivity contribution in [3.05, 3.63) is 24.1 Å². The van der Waals surface area contributed by atoms with Gasteiger partial charge in [-0.2, -0.15) is 4.98 Å². The summed E-state index contributed by atoms with van der Waals surface area (Å²) < 4.78 is 5.14. The Bertz CT molecular complexity index is 804. The number of rotatable bonds is 6. The number of nitrogens with zero attached hydrogens (tertiary/aromatic N) is 5. The van der Waals surface area contributed by atoms with Crippen LogP contribution >= 0.6 is 0 Å². The summed E-state index contributed by atoms with van der Waals surface area (Å²) in [6.07, 6.45) is 4.84. The molecule has 2 fully saturated rings. The third-order valence-electron chi connectivity index (χ3n) is 4.89. The van der Waals surface area contributed by atoms with Gasteiger partial charge in [-0.05, 0) is 25.2 Å². The highest BCUT2D eigenvalue weighted by Gasteiger charge is 2.44. The minimum absolute atomic E-state index is 0.122. The molecular weight excluding hydrogens is 334 g/mol. The van der Waals surface area contributed by atoms with Crippen LogP contribution in [0.25, 0.3) is 0 Å². The summed E-state index contributed by atoms with van der Waals surface area (Å²) in [7, 11) is 0. The average molecular weight is 357 g/mol. The van der Waals surface area contributed by atoms with Crippen LogP contribution in [0.15, 0.2) is 16.9 Å². The fourth-order valence-corrected chi connectivity index (χ4v) is 3.36. The molecule has 0 spiro atoms. The van der Waals surface area contributed by atoms with E-state index in [9.17, 15) is 4.79 Å². The van der Waals surface area contributed by atoms with E-state index in [1.54, 1.807) is 13.3 Å². The summed E-state index contributed by atoms with van der Waals surface area (Å²) in [5.74, 6) is 3.29. The van der Waals surface area contributed by atoms with Crippen LogP contribution < -0.4 is 15.5 Å². The fraction of sp³-hybridized carbons (Fsp3) is 0.588. The third-order valence-corrected chi connectivity index (χ3v) is 4.89. The Balaban J connectivity index is 1.53. The lowest BCUT2D eigenvalue weighted by Gasteiger charge is -2.27. The first kappa shape index (κ1) is 16.7. The Hall–Kier alpha value is -2.71. The highest BCUT2D eigenvalue weighted by atomic mass is 16.5. The van der Waals surface area contributed by atoms with E-state index >= 15 is 0 Å². The lowest BCUT2D eigenvalue weighted by molar-refractivity contribution is -0.120. The summed E-state index contributed by atoms with van der Waals surface area (Å²) in [6, 6.07) is 1.95. The molecule has 0 aromatic carbocycles. The van der Waals surface area contributed by atoms with Gasteiger partial charge in [0.05, 0.1) is 0 Å². The number of amides is 1. The van der Waals surface area contributed by atoms with Crippen LogP contribution in [0.4, 0.5) is 11.6 Å². The lowest BCUT2D eigenvalue weighted by atomic mass is 9.97. The zero-order valence-corrected chi connectivity index (χ0v) is 15.0. The van der Waals surface area contributed by atoms with Crippen molar-refractivity contribution < 1.29 is 9.32 Å². The average Bonchev–Trinajstić information content (AvgIpc) is 3.19. The van der Waals surface area contributed by atoms with E-state index in [-0.39, 0.29) is 5.91 Å². The van der Waals surface area contributed by atoms with Crippen LogP contribution in [-0.4, -0.2) is 45.7 Å². The maximum atomic E-state index is 11.8. The van der Waals surface area contributed by atoms with Gasteiger partial charge in [0, 0.05) is 39.5 Å². The number of carbonyl (C=O) groups excluding carboxylic acids is 1. The fourth-order valence-electron chi connectivity index (χ4n) is 3.36. The van der Waals surface area contributed by atoms with Gasteiger partial charge in [0.1, 0.15) is 23.5 Å². The maximum absolute atomic E-state index is 11.8. The van der Waals surface area contributed by atoms with Crippen molar-refractivity contribution in [3.8, 4) is 0 Å². The third kappa shape index (κ3) is 3.47. The van der Waals surface area contributed by atoms with Crippen molar-refractivity contribution in [3.63, 3.8) is 0 Å². The molecule has 1 aliphatic heterocycles. The van der Waals surface area contributed by atoms with Crippen molar-refractivity contribution in [1.29, 1.82) is 0 Å². The van der Waals surface area contributed by atoms with Gasteiger partial charge in [0.25, 0.3) is 0 Å². The Kier molecular flexibility index (Phi) is 4.21. The van der Waals surface area contributed by atoms with E-state index in [1.807, 2.05) is 6.07 Å². The summed E-state index contributed by atoms with van der Waals surface area (Å²) in [5, 5.41) is 10.4. The Morgan fingerprint density at radius 1 is 1.42 bits per heavy atom. The second-order valence-electron chi connectivity index (χ2n) is 7.16. The molecule has 138 valence electrons. The number of aryl methyl sites for hydroxylation is 1. The summed E-state index contributed by atoms with van der Waals surface area (Å²) in [4.78, 5) is 27.0. The van der Waals surface area contributed by atoms with Crippen molar-refractivity contribution in [1.82, 2.24) is 25.4 Å². The summed E-state index contributed by atoms with van der Waals surface area (Å²) >= 11 is 0. The van der Waals surface area contributed by atoms with Crippen molar-refractivity contribution >= 4 is 17.5 Å². The molecule has 2 aliphatic rings. The van der Waals surface area contributed by atoms with Crippen LogP contribution in [0, 0.1) is 12.8 Å². The van der Waals surface area contributed by atoms with Crippen LogP contribution in [0.5, 0.6) is 0 Å². The van der Waals surface area contributed by atoms with Crippen LogP contribution in [0.2, 0.25) is 0 Å². The van der Waals surface area contributed by atoms with E-state index in [4.69, 9.17) is 4.52 Å². The topological polar surface area (TPSA) is 109 Å². The molecule has 1 saturated carbocycles. The molecule has 1 atom stereocenters. The minimum atomic E-state index is -0.670. The van der Waals surface area contributed by atoms with Gasteiger partial charge >= 0.3 is 0 Å². The predicted octanol–water partition coefficient (Wildman–Crippen LogP) is 1.23. The van der Waals surface area contributed by atoms with Gasteiger partial charge in [-0.25, -0.2) is 9.97 Å². The Labute approximate surface area is 151 Å². The van der Waals surface area contributed by atoms with E-state index < -0.39 is 5.54 Å². The lowest BCUT2D eigenvalue weighted by Crippen LogP contribution is -2.48. The standard InChI is InChI=1S/C17H23N7O2/c1-11(25)22-17(16-21-12(2)26-23-16)5-6-24(9-17)15-7-14(19-10-20-15)18-8-13-3-4-13/h7,10,13H,3-6,8-9H2,1-2H3,(H,22,25)(H,18,19,20). The van der Waals surface area contributed by atoms with Crippen LogP contribution in [0.3, 0.4) is 0 Å². The smallest absolute Gasteiger partial charge is 0.223 e. The van der Waals surface area contributed by atoms with Crippen LogP contribution in [0.1, 0.15) is 37.9 Å². The largest absolute Gasteiger partial charge is 0.370 e. The molecule has 2 aromatic heterocycles. The zero-order chi connectivity index (χ0) is 18.1. The molecular formula is C17H23N7O2. The van der Waals surface area contributed by atoms with Crippen molar-refractivity contribution in [2.45, 2.75) is 38.6 Å². The quantitative estimate of drug-likeness (QED) is 0.794. The van der Waals surface area contributed by atoms with E-state index in [1.165, 1.54) is 19.8 Å². The second-order valence-corrected chi connectivity index (χ2v) is 7.16. The van der Waals surface area contributed by atoms with Gasteiger partial charge in [-0.3, -0.25) is 4.79 Å². The number of aromatic nitrogens is 4. The van der Waals surface area contributed by atoms with Crippen LogP contribution in [-0.2, 0) is 10.3 Å². The number of hydrogen-bond acceptors (Lipinski definition) is 8. The zero-order valence-electron chi connectivity index (χ0n) is 15.0. The van der Waals surface area contributed by atoms with E-state index in [0.29, 0.717) is 24.7 Å². The molecule has 1 amide bonds. The molecule has 1 unspecified atom stereocenters. The monoisotopic (exact) mass is 357 g/mol. The first-order valence-electron chi connectivity index (χ1n) is 8.94. The molecule has 2 N–H and O–H groups in total. The molecule has 1 saturated heterocycles. The van der Waals surface area contributed by atoms with Crippen molar-refractivity contribution in [2.24, 2.45) is 5.92 Å². The number of anilines is 2. The van der Waals surface area contributed by atoms with Gasteiger partial charge in [-0.1, -0.05) is 5.16 Å². The molecule has 2 aromatic rings. The molecule has 0 radical (unpaired) electrons. The first-order valence-corrected chi connectivity index (χ1v) is 8.94. The Morgan fingerprint density at radius 2 is 2.27 bits per heavy atom. The predicted molar refractivity (Wildman–Crippen MR) is 94.6 cm³/mol. The Morgan fingerprint density at radius 3 is 2.96 bits per heavy atom. The minimum Gasteiger partial charge on any atom is -0.370 e. The van der Waals surface area contributed by atoms with Gasteiger partial charge < -0.3 is 20.1 Å². The molecule has 0 bridgehead atoms. The molecule has 3 heterocycles. The number of nitrogens with one attached hydrogen (secondary N) is 2. The van der Waals surface area contributed by atoms with E-state index in [0.717, 1.165) is 30.6 Å². The molecule has 1 aliphatic carbocycles. The first-order chi connectivity index (χ1) is 12.5. The molecule has 4 rings (SSSR count). The highest BCUT2D eigenvalue weighted by Crippen LogP contribution is 2.33. The van der Waals surface area contributed by atoms with Gasteiger partial charge in [-0.15, -0.1) is 0 Å². The van der Waals surface area contributed by atoms with E-state index in [2.05, 4.69) is 35.6 Å². The molecule has 26 heavy (non-hydrogen) atoms. The highest BCUT2D eigenvalue weighted by molar-refractivity contribution is 5.74. The van der Waals surface area contributed by atoms with Crippen molar-refractivity contribution in [2.75, 3.05) is 29.9 Å².